The van der Waals surface area contributed by atoms with Gasteiger partial charge in [0.15, 0.2) is 0 Å². The van der Waals surface area contributed by atoms with E-state index in [9.17, 15) is 34.5 Å². The summed E-state index contributed by atoms with van der Waals surface area (Å²) in [5.74, 6) is -3.00. The average Bonchev–Trinajstić information content (AvgIpc) is 2.79. The van der Waals surface area contributed by atoms with Gasteiger partial charge in [-0.25, -0.2) is 4.79 Å². The summed E-state index contributed by atoms with van der Waals surface area (Å²) >= 11 is 5.33. The van der Waals surface area contributed by atoms with Crippen molar-refractivity contribution in [2.24, 2.45) is 5.73 Å². The van der Waals surface area contributed by atoms with Gasteiger partial charge in [0.2, 0.25) is 17.7 Å². The van der Waals surface area contributed by atoms with Crippen molar-refractivity contribution in [3.8, 4) is 5.75 Å². The van der Waals surface area contributed by atoms with Crippen LogP contribution in [0.15, 0.2) is 24.3 Å². The van der Waals surface area contributed by atoms with Gasteiger partial charge in [0.25, 0.3) is 0 Å². The SMILES string of the molecule is CSCCC(NC(=O)C(Cc1ccc(O)cc1)NC(=O)C(CO)NC(=O)C(N)CS)C(=O)O. The monoisotopic (exact) mass is 502 g/mol. The molecule has 11 nitrogen and oxygen atoms in total. The highest BCUT2D eigenvalue weighted by Gasteiger charge is 2.30. The molecule has 1 aromatic carbocycles. The molecule has 0 fully saturated rings. The fourth-order valence-corrected chi connectivity index (χ4v) is 3.31. The zero-order chi connectivity index (χ0) is 25.0. The number of phenolic OH excluding ortho intramolecular Hbond substituents is 1. The number of aliphatic carboxylic acids is 1. The van der Waals surface area contributed by atoms with Gasteiger partial charge < -0.3 is 37.0 Å². The lowest BCUT2D eigenvalue weighted by Gasteiger charge is -2.24. The van der Waals surface area contributed by atoms with Crippen molar-refractivity contribution in [1.29, 1.82) is 0 Å². The van der Waals surface area contributed by atoms with Crippen molar-refractivity contribution in [2.45, 2.75) is 37.0 Å². The molecule has 0 radical (unpaired) electrons. The second kappa shape index (κ2) is 14.6. The summed E-state index contributed by atoms with van der Waals surface area (Å²) in [6.45, 7) is -0.754. The summed E-state index contributed by atoms with van der Waals surface area (Å²) in [6.07, 6.45) is 1.95. The molecular formula is C20H30N4O7S2. The van der Waals surface area contributed by atoms with Crippen molar-refractivity contribution in [3.05, 3.63) is 29.8 Å². The summed E-state index contributed by atoms with van der Waals surface area (Å²) in [6, 6.07) is 1.13. The first kappa shape index (κ1) is 28.6. The highest BCUT2D eigenvalue weighted by atomic mass is 32.2. The van der Waals surface area contributed by atoms with Crippen LogP contribution in [0.3, 0.4) is 0 Å². The first-order valence-corrected chi connectivity index (χ1v) is 12.0. The lowest BCUT2D eigenvalue weighted by molar-refractivity contribution is -0.142. The third kappa shape index (κ3) is 9.90. The summed E-state index contributed by atoms with van der Waals surface area (Å²) in [4.78, 5) is 49.1. The molecule has 0 saturated carbocycles. The Labute approximate surface area is 201 Å². The molecule has 184 valence electrons. The number of carboxylic acids is 1. The Morgan fingerprint density at radius 2 is 1.55 bits per heavy atom. The average molecular weight is 503 g/mol. The molecule has 4 unspecified atom stereocenters. The highest BCUT2D eigenvalue weighted by Crippen LogP contribution is 2.12. The molecule has 1 aromatic rings. The maximum absolute atomic E-state index is 12.9. The fraction of sp³-hybridized carbons (Fsp3) is 0.500. The molecule has 4 atom stereocenters. The lowest BCUT2D eigenvalue weighted by atomic mass is 10.0. The molecule has 0 saturated heterocycles. The second-order valence-corrected chi connectivity index (χ2v) is 8.50. The van der Waals surface area contributed by atoms with Crippen molar-refractivity contribution in [1.82, 2.24) is 16.0 Å². The van der Waals surface area contributed by atoms with Crippen LogP contribution in [0.25, 0.3) is 0 Å². The molecular weight excluding hydrogens is 472 g/mol. The number of hydrogen-bond donors (Lipinski definition) is 8. The van der Waals surface area contributed by atoms with E-state index < -0.39 is 54.5 Å². The van der Waals surface area contributed by atoms with Gasteiger partial charge in [0, 0.05) is 12.2 Å². The maximum atomic E-state index is 12.9. The predicted octanol–water partition coefficient (Wildman–Crippen LogP) is -1.52. The summed E-state index contributed by atoms with van der Waals surface area (Å²) in [5, 5.41) is 35.5. The smallest absolute Gasteiger partial charge is 0.326 e. The number of aliphatic hydroxyl groups is 1. The van der Waals surface area contributed by atoms with Crippen molar-refractivity contribution in [2.75, 3.05) is 24.4 Å². The number of rotatable bonds is 14. The highest BCUT2D eigenvalue weighted by molar-refractivity contribution is 7.98. The number of phenols is 1. The minimum atomic E-state index is -1.38. The molecule has 0 heterocycles. The van der Waals surface area contributed by atoms with E-state index in [4.69, 9.17) is 5.73 Å². The minimum absolute atomic E-state index is 0.00961. The Kier molecular flexibility index (Phi) is 12.7. The largest absolute Gasteiger partial charge is 0.508 e. The van der Waals surface area contributed by atoms with E-state index in [0.717, 1.165) is 0 Å². The number of nitrogens with two attached hydrogens (primary N) is 1. The van der Waals surface area contributed by atoms with E-state index in [2.05, 4.69) is 28.6 Å². The Balaban J connectivity index is 3.03. The molecule has 0 spiro atoms. The molecule has 0 aliphatic rings. The van der Waals surface area contributed by atoms with E-state index in [0.29, 0.717) is 11.3 Å². The van der Waals surface area contributed by atoms with Crippen LogP contribution in [0.4, 0.5) is 0 Å². The summed E-state index contributed by atoms with van der Waals surface area (Å²) < 4.78 is 0. The lowest BCUT2D eigenvalue weighted by Crippen LogP contribution is -2.58. The van der Waals surface area contributed by atoms with Gasteiger partial charge in [-0.05, 0) is 36.1 Å². The molecule has 33 heavy (non-hydrogen) atoms. The Morgan fingerprint density at radius 1 is 1.00 bits per heavy atom. The minimum Gasteiger partial charge on any atom is -0.508 e. The summed E-state index contributed by atoms with van der Waals surface area (Å²) in [7, 11) is 0. The van der Waals surface area contributed by atoms with Crippen LogP contribution >= 0.6 is 24.4 Å². The number of amides is 3. The number of nitrogens with one attached hydrogen (secondary N) is 3. The first-order chi connectivity index (χ1) is 15.6. The zero-order valence-electron chi connectivity index (χ0n) is 18.1. The van der Waals surface area contributed by atoms with E-state index in [-0.39, 0.29) is 24.3 Å². The number of hydrogen-bond acceptors (Lipinski definition) is 9. The molecule has 0 bridgehead atoms. The van der Waals surface area contributed by atoms with Crippen LogP contribution in [0, 0.1) is 0 Å². The number of aliphatic hydroxyl groups excluding tert-OH is 1. The number of carbonyl (C=O) groups is 4. The molecule has 8 N–H and O–H groups in total. The predicted molar refractivity (Wildman–Crippen MR) is 127 cm³/mol. The number of carboxylic acid groups (broad SMARTS) is 1. The van der Waals surface area contributed by atoms with Gasteiger partial charge in [0.1, 0.15) is 23.9 Å². The van der Waals surface area contributed by atoms with E-state index in [1.807, 2.05) is 0 Å². The van der Waals surface area contributed by atoms with Crippen molar-refractivity contribution in [3.63, 3.8) is 0 Å². The molecule has 13 heteroatoms. The molecule has 0 aromatic heterocycles. The van der Waals surface area contributed by atoms with Crippen LogP contribution in [0.5, 0.6) is 5.75 Å². The number of aromatic hydroxyl groups is 1. The number of benzene rings is 1. The van der Waals surface area contributed by atoms with Gasteiger partial charge in [-0.1, -0.05) is 12.1 Å². The fourth-order valence-electron chi connectivity index (χ4n) is 2.67. The number of thiol groups is 1. The Bertz CT molecular complexity index is 810. The van der Waals surface area contributed by atoms with Crippen LogP contribution in [0.1, 0.15) is 12.0 Å². The quantitative estimate of drug-likeness (QED) is 0.140. The van der Waals surface area contributed by atoms with E-state index in [1.165, 1.54) is 23.9 Å². The summed E-state index contributed by atoms with van der Waals surface area (Å²) in [5.41, 5.74) is 6.14. The van der Waals surface area contributed by atoms with E-state index >= 15 is 0 Å². The molecule has 0 aliphatic carbocycles. The van der Waals surface area contributed by atoms with Gasteiger partial charge in [-0.3, -0.25) is 14.4 Å². The third-order valence-electron chi connectivity index (χ3n) is 4.58. The second-order valence-electron chi connectivity index (χ2n) is 7.15. The van der Waals surface area contributed by atoms with Crippen LogP contribution < -0.4 is 21.7 Å². The maximum Gasteiger partial charge on any atom is 0.326 e. The van der Waals surface area contributed by atoms with Crippen LogP contribution in [-0.4, -0.2) is 87.5 Å². The molecule has 3 amide bonds. The number of carbonyl (C=O) groups excluding carboxylic acids is 3. The van der Waals surface area contributed by atoms with Crippen molar-refractivity contribution < 1.29 is 34.5 Å². The Hall–Kier alpha value is -2.48. The molecule has 0 aliphatic heterocycles. The van der Waals surface area contributed by atoms with Crippen molar-refractivity contribution >= 4 is 48.1 Å². The van der Waals surface area contributed by atoms with Crippen LogP contribution in [0.2, 0.25) is 0 Å². The van der Waals surface area contributed by atoms with Gasteiger partial charge in [-0.2, -0.15) is 24.4 Å². The van der Waals surface area contributed by atoms with Gasteiger partial charge in [0.05, 0.1) is 12.6 Å². The van der Waals surface area contributed by atoms with Gasteiger partial charge >= 0.3 is 5.97 Å². The topological polar surface area (TPSA) is 191 Å². The normalized spacial score (nSPS) is 14.4. The standard InChI is InChI=1S/C20H30N4O7S2/c1-33-7-6-14(20(30)31)22-18(28)15(8-11-2-4-12(26)5-3-11)23-19(29)16(9-25)24-17(27)13(21)10-32/h2-5,13-16,25-26,32H,6-10,21H2,1H3,(H,22,28)(H,23,29)(H,24,27)(H,30,31). The number of thioether (sulfide) groups is 1. The molecule has 1 rings (SSSR count). The van der Waals surface area contributed by atoms with E-state index in [1.54, 1.807) is 18.4 Å². The first-order valence-electron chi connectivity index (χ1n) is 10.0. The third-order valence-corrected chi connectivity index (χ3v) is 5.62. The van der Waals surface area contributed by atoms with Crippen LogP contribution in [-0.2, 0) is 25.6 Å². The zero-order valence-corrected chi connectivity index (χ0v) is 19.8. The Morgan fingerprint density at radius 3 is 2.06 bits per heavy atom. The van der Waals surface area contributed by atoms with Gasteiger partial charge in [-0.15, -0.1) is 0 Å².